The van der Waals surface area contributed by atoms with Gasteiger partial charge in [0, 0.05) is 26.2 Å². The van der Waals surface area contributed by atoms with Crippen LogP contribution in [-0.2, 0) is 11.3 Å². The van der Waals surface area contributed by atoms with E-state index in [2.05, 4.69) is 20.2 Å². The summed E-state index contributed by atoms with van der Waals surface area (Å²) in [5.74, 6) is 2.12. The topological polar surface area (TPSA) is 104 Å². The molecule has 4 rings (SSSR count). The van der Waals surface area contributed by atoms with Gasteiger partial charge in [0.25, 0.3) is 5.56 Å². The predicted molar refractivity (Wildman–Crippen MR) is 120 cm³/mol. The van der Waals surface area contributed by atoms with E-state index < -0.39 is 0 Å². The van der Waals surface area contributed by atoms with Crippen LogP contribution in [0, 0.1) is 6.92 Å². The number of nitrogens with one attached hydrogen (secondary N) is 2. The molecule has 0 aliphatic carbocycles. The Morgan fingerprint density at radius 3 is 2.75 bits per heavy atom. The Morgan fingerprint density at radius 1 is 1.25 bits per heavy atom. The monoisotopic (exact) mass is 439 g/mol. The summed E-state index contributed by atoms with van der Waals surface area (Å²) in [6, 6.07) is 10.8. The van der Waals surface area contributed by atoms with Gasteiger partial charge in [-0.15, -0.1) is 0 Å². The molecule has 2 aromatic heterocycles. The van der Waals surface area contributed by atoms with Crippen molar-refractivity contribution < 1.29 is 13.9 Å². The fourth-order valence-corrected chi connectivity index (χ4v) is 3.94. The Balaban J connectivity index is 1.45. The van der Waals surface area contributed by atoms with Gasteiger partial charge in [0.15, 0.2) is 0 Å². The molecule has 2 N–H and O–H groups in total. The maximum atomic E-state index is 13.0. The van der Waals surface area contributed by atoms with Crippen LogP contribution in [0.15, 0.2) is 45.6 Å². The van der Waals surface area contributed by atoms with E-state index in [4.69, 9.17) is 9.15 Å². The minimum Gasteiger partial charge on any atom is -0.465 e. The molecule has 9 nitrogen and oxygen atoms in total. The molecule has 0 bridgehead atoms. The molecule has 9 heteroatoms. The number of aromatic nitrogens is 2. The summed E-state index contributed by atoms with van der Waals surface area (Å²) in [6.07, 6.45) is 0. The molecule has 170 valence electrons. The molecule has 1 unspecified atom stereocenters. The number of hydrogen-bond acceptors (Lipinski definition) is 6. The van der Waals surface area contributed by atoms with E-state index in [9.17, 15) is 9.59 Å². The third-order valence-electron chi connectivity index (χ3n) is 5.69. The molecule has 1 fully saturated rings. The Morgan fingerprint density at radius 2 is 2.03 bits per heavy atom. The number of carbonyl (C=O) groups is 1. The van der Waals surface area contributed by atoms with Crippen LogP contribution in [-0.4, -0.2) is 65.2 Å². The summed E-state index contributed by atoms with van der Waals surface area (Å²) in [4.78, 5) is 36.5. The van der Waals surface area contributed by atoms with Gasteiger partial charge in [-0.3, -0.25) is 9.69 Å². The predicted octanol–water partition coefficient (Wildman–Crippen LogP) is 2.43. The second-order valence-electron chi connectivity index (χ2n) is 7.84. The third kappa shape index (κ3) is 5.00. The number of nitrogens with zero attached hydrogens (tertiary/aromatic N) is 3. The van der Waals surface area contributed by atoms with E-state index in [0.29, 0.717) is 43.0 Å². The number of hydrogen-bond donors (Lipinski definition) is 2. The van der Waals surface area contributed by atoms with Gasteiger partial charge in [0.2, 0.25) is 0 Å². The van der Waals surface area contributed by atoms with Crippen molar-refractivity contribution >= 4 is 16.9 Å². The molecule has 0 saturated carbocycles. The summed E-state index contributed by atoms with van der Waals surface area (Å²) in [6.45, 7) is 7.78. The van der Waals surface area contributed by atoms with Crippen LogP contribution in [0.5, 0.6) is 0 Å². The van der Waals surface area contributed by atoms with Crippen LogP contribution < -0.4 is 10.9 Å². The average molecular weight is 440 g/mol. The Labute approximate surface area is 186 Å². The molecule has 1 aliphatic heterocycles. The summed E-state index contributed by atoms with van der Waals surface area (Å²) in [5.41, 5.74) is 0.408. The summed E-state index contributed by atoms with van der Waals surface area (Å²) in [7, 11) is 0. The lowest BCUT2D eigenvalue weighted by Crippen LogP contribution is -2.46. The highest BCUT2D eigenvalue weighted by Crippen LogP contribution is 2.23. The SMILES string of the molecule is CCN(Cc1nc2ccccc2c(=O)[nH]1)C(=O)NCC(c1ccc(C)o1)N1CCOCC1. The van der Waals surface area contributed by atoms with E-state index in [-0.39, 0.29) is 24.2 Å². The van der Waals surface area contributed by atoms with Crippen molar-refractivity contribution in [3.8, 4) is 0 Å². The lowest BCUT2D eigenvalue weighted by atomic mass is 10.1. The van der Waals surface area contributed by atoms with Crippen LogP contribution in [0.4, 0.5) is 4.79 Å². The minimum atomic E-state index is -0.218. The molecule has 0 radical (unpaired) electrons. The second kappa shape index (κ2) is 9.97. The first-order valence-corrected chi connectivity index (χ1v) is 10.9. The normalized spacial score (nSPS) is 15.6. The number of amides is 2. The first kappa shape index (κ1) is 22.0. The van der Waals surface area contributed by atoms with Crippen molar-refractivity contribution in [1.29, 1.82) is 0 Å². The third-order valence-corrected chi connectivity index (χ3v) is 5.69. The first-order valence-electron chi connectivity index (χ1n) is 10.9. The van der Waals surface area contributed by atoms with Crippen molar-refractivity contribution in [2.45, 2.75) is 26.4 Å². The molecule has 3 heterocycles. The van der Waals surface area contributed by atoms with Gasteiger partial charge in [0.1, 0.15) is 17.3 Å². The minimum absolute atomic E-state index is 0.0751. The molecule has 32 heavy (non-hydrogen) atoms. The highest BCUT2D eigenvalue weighted by Gasteiger charge is 2.26. The van der Waals surface area contributed by atoms with E-state index in [1.54, 1.807) is 23.1 Å². The van der Waals surface area contributed by atoms with Crippen LogP contribution >= 0.6 is 0 Å². The smallest absolute Gasteiger partial charge is 0.317 e. The number of aromatic amines is 1. The largest absolute Gasteiger partial charge is 0.465 e. The zero-order valence-corrected chi connectivity index (χ0v) is 18.5. The maximum absolute atomic E-state index is 13.0. The molecule has 3 aromatic rings. The number of benzene rings is 1. The number of ether oxygens (including phenoxy) is 1. The summed E-state index contributed by atoms with van der Waals surface area (Å²) in [5, 5.41) is 3.57. The number of urea groups is 1. The van der Waals surface area contributed by atoms with Gasteiger partial charge in [-0.05, 0) is 38.1 Å². The number of aryl methyl sites for hydroxylation is 1. The number of fused-ring (bicyclic) bond motifs is 1. The van der Waals surface area contributed by atoms with Crippen molar-refractivity contribution in [3.63, 3.8) is 0 Å². The molecular weight excluding hydrogens is 410 g/mol. The number of rotatable bonds is 7. The fourth-order valence-electron chi connectivity index (χ4n) is 3.94. The van der Waals surface area contributed by atoms with Gasteiger partial charge < -0.3 is 24.4 Å². The Bertz CT molecular complexity index is 1120. The van der Waals surface area contributed by atoms with Gasteiger partial charge in [0.05, 0.1) is 36.7 Å². The van der Waals surface area contributed by atoms with E-state index in [0.717, 1.165) is 24.6 Å². The highest BCUT2D eigenvalue weighted by molar-refractivity contribution is 5.77. The van der Waals surface area contributed by atoms with E-state index in [1.165, 1.54) is 0 Å². The molecule has 1 aliphatic rings. The zero-order chi connectivity index (χ0) is 22.5. The summed E-state index contributed by atoms with van der Waals surface area (Å²) >= 11 is 0. The van der Waals surface area contributed by atoms with Crippen molar-refractivity contribution in [1.82, 2.24) is 25.1 Å². The fraction of sp³-hybridized carbons (Fsp3) is 0.435. The quantitative estimate of drug-likeness (QED) is 0.586. The second-order valence-corrected chi connectivity index (χ2v) is 7.84. The molecule has 1 aromatic carbocycles. The zero-order valence-electron chi connectivity index (χ0n) is 18.5. The van der Waals surface area contributed by atoms with Crippen molar-refractivity contribution in [2.24, 2.45) is 0 Å². The molecule has 0 spiro atoms. The lowest BCUT2D eigenvalue weighted by molar-refractivity contribution is 0.0119. The number of furan rings is 1. The van der Waals surface area contributed by atoms with Crippen LogP contribution in [0.3, 0.4) is 0 Å². The number of morpholine rings is 1. The number of carbonyl (C=O) groups excluding carboxylic acids is 1. The van der Waals surface area contributed by atoms with Crippen LogP contribution in [0.2, 0.25) is 0 Å². The molecule has 1 atom stereocenters. The Kier molecular flexibility index (Phi) is 6.87. The van der Waals surface area contributed by atoms with Gasteiger partial charge in [-0.1, -0.05) is 12.1 Å². The number of para-hydroxylation sites is 1. The first-order chi connectivity index (χ1) is 15.5. The lowest BCUT2D eigenvalue weighted by Gasteiger charge is -2.34. The molecule has 2 amide bonds. The number of H-pyrrole nitrogens is 1. The maximum Gasteiger partial charge on any atom is 0.317 e. The van der Waals surface area contributed by atoms with Crippen LogP contribution in [0.25, 0.3) is 10.9 Å². The van der Waals surface area contributed by atoms with Gasteiger partial charge >= 0.3 is 6.03 Å². The van der Waals surface area contributed by atoms with E-state index in [1.807, 2.05) is 32.0 Å². The highest BCUT2D eigenvalue weighted by atomic mass is 16.5. The Hall–Kier alpha value is -3.17. The van der Waals surface area contributed by atoms with Crippen LogP contribution in [0.1, 0.15) is 30.3 Å². The van der Waals surface area contributed by atoms with Gasteiger partial charge in [-0.2, -0.15) is 0 Å². The van der Waals surface area contributed by atoms with Crippen molar-refractivity contribution in [2.75, 3.05) is 39.4 Å². The average Bonchev–Trinajstić information content (AvgIpc) is 3.24. The summed E-state index contributed by atoms with van der Waals surface area (Å²) < 4.78 is 11.3. The molecular formula is C23H29N5O4. The molecule has 1 saturated heterocycles. The standard InChI is InChI=1S/C23H29N5O4/c1-3-27(15-21-25-18-7-5-4-6-17(18)22(29)26-21)23(30)24-14-19(20-9-8-16(2)32-20)28-10-12-31-13-11-28/h4-9,19H,3,10-15H2,1-2H3,(H,24,30)(H,25,26,29). The van der Waals surface area contributed by atoms with Gasteiger partial charge in [-0.25, -0.2) is 9.78 Å². The van der Waals surface area contributed by atoms with E-state index >= 15 is 0 Å². The van der Waals surface area contributed by atoms with Crippen molar-refractivity contribution in [3.05, 3.63) is 64.1 Å².